The van der Waals surface area contributed by atoms with Gasteiger partial charge in [0.05, 0.1) is 33.0 Å². The quantitative estimate of drug-likeness (QED) is 0.614. The lowest BCUT2D eigenvalue weighted by atomic mass is 9.94. The first kappa shape index (κ1) is 15.2. The van der Waals surface area contributed by atoms with Crippen molar-refractivity contribution >= 4 is 0 Å². The SMILES string of the molecule is COCCOCCOCCN1C[C@@H]2CCCN[C@@H]2C1. The van der Waals surface area contributed by atoms with Crippen molar-refractivity contribution in [2.24, 2.45) is 5.92 Å². The number of methoxy groups -OCH3 is 1. The van der Waals surface area contributed by atoms with Gasteiger partial charge in [-0.2, -0.15) is 0 Å². The molecule has 2 saturated heterocycles. The van der Waals surface area contributed by atoms with E-state index in [0.29, 0.717) is 26.4 Å². The fraction of sp³-hybridized carbons (Fsp3) is 1.00. The molecule has 0 amide bonds. The highest BCUT2D eigenvalue weighted by Crippen LogP contribution is 2.24. The fourth-order valence-electron chi connectivity index (χ4n) is 2.98. The van der Waals surface area contributed by atoms with Gasteiger partial charge in [0.15, 0.2) is 0 Å². The van der Waals surface area contributed by atoms with E-state index in [9.17, 15) is 0 Å². The van der Waals surface area contributed by atoms with Gasteiger partial charge >= 0.3 is 0 Å². The first-order chi connectivity index (χ1) is 9.40. The topological polar surface area (TPSA) is 43.0 Å². The second kappa shape index (κ2) is 8.87. The van der Waals surface area contributed by atoms with Gasteiger partial charge in [0.2, 0.25) is 0 Å². The number of fused-ring (bicyclic) bond motifs is 1. The minimum Gasteiger partial charge on any atom is -0.382 e. The summed E-state index contributed by atoms with van der Waals surface area (Å²) in [5.41, 5.74) is 0. The maximum atomic E-state index is 5.60. The Labute approximate surface area is 116 Å². The zero-order valence-corrected chi connectivity index (χ0v) is 12.1. The molecule has 19 heavy (non-hydrogen) atoms. The van der Waals surface area contributed by atoms with Gasteiger partial charge in [-0.25, -0.2) is 0 Å². The van der Waals surface area contributed by atoms with Crippen molar-refractivity contribution in [1.82, 2.24) is 10.2 Å². The van der Waals surface area contributed by atoms with Crippen molar-refractivity contribution in [1.29, 1.82) is 0 Å². The van der Waals surface area contributed by atoms with E-state index >= 15 is 0 Å². The van der Waals surface area contributed by atoms with Crippen LogP contribution in [0.5, 0.6) is 0 Å². The maximum absolute atomic E-state index is 5.60. The molecule has 2 atom stereocenters. The Morgan fingerprint density at radius 3 is 2.63 bits per heavy atom. The summed E-state index contributed by atoms with van der Waals surface area (Å²) in [5, 5.41) is 3.63. The van der Waals surface area contributed by atoms with E-state index in [1.807, 2.05) is 0 Å². The Bertz CT molecular complexity index is 227. The predicted molar refractivity (Wildman–Crippen MR) is 74.5 cm³/mol. The Morgan fingerprint density at radius 1 is 1.05 bits per heavy atom. The summed E-state index contributed by atoms with van der Waals surface area (Å²) in [6, 6.07) is 0.728. The highest BCUT2D eigenvalue weighted by atomic mass is 16.5. The molecule has 112 valence electrons. The van der Waals surface area contributed by atoms with Crippen molar-refractivity contribution in [2.75, 3.05) is 66.3 Å². The zero-order valence-electron chi connectivity index (χ0n) is 12.1. The molecule has 0 aromatic heterocycles. The van der Waals surface area contributed by atoms with Gasteiger partial charge in [-0.05, 0) is 25.3 Å². The molecule has 0 unspecified atom stereocenters. The van der Waals surface area contributed by atoms with E-state index in [2.05, 4.69) is 10.2 Å². The maximum Gasteiger partial charge on any atom is 0.0701 e. The predicted octanol–water partition coefficient (Wildman–Crippen LogP) is 0.350. The summed E-state index contributed by atoms with van der Waals surface area (Å²) in [4.78, 5) is 2.53. The first-order valence-electron chi connectivity index (χ1n) is 7.50. The summed E-state index contributed by atoms with van der Waals surface area (Å²) >= 11 is 0. The van der Waals surface area contributed by atoms with E-state index in [4.69, 9.17) is 14.2 Å². The third-order valence-corrected chi connectivity index (χ3v) is 4.03. The van der Waals surface area contributed by atoms with Crippen LogP contribution in [0.2, 0.25) is 0 Å². The molecular weight excluding hydrogens is 244 g/mol. The van der Waals surface area contributed by atoms with Crippen molar-refractivity contribution in [3.8, 4) is 0 Å². The van der Waals surface area contributed by atoms with Crippen LogP contribution in [0.25, 0.3) is 0 Å². The second-order valence-electron chi connectivity index (χ2n) is 5.44. The van der Waals surface area contributed by atoms with Crippen molar-refractivity contribution < 1.29 is 14.2 Å². The number of rotatable bonds is 9. The molecule has 2 aliphatic heterocycles. The molecule has 2 rings (SSSR count). The zero-order chi connectivity index (χ0) is 13.3. The van der Waals surface area contributed by atoms with Gasteiger partial charge in [0, 0.05) is 32.8 Å². The molecule has 5 heteroatoms. The summed E-state index contributed by atoms with van der Waals surface area (Å²) in [5.74, 6) is 0.867. The van der Waals surface area contributed by atoms with Crippen molar-refractivity contribution in [3.63, 3.8) is 0 Å². The van der Waals surface area contributed by atoms with E-state index in [1.165, 1.54) is 32.5 Å². The molecule has 0 aliphatic carbocycles. The van der Waals surface area contributed by atoms with E-state index in [-0.39, 0.29) is 0 Å². The van der Waals surface area contributed by atoms with Crippen molar-refractivity contribution in [2.45, 2.75) is 18.9 Å². The molecule has 2 heterocycles. The second-order valence-corrected chi connectivity index (χ2v) is 5.44. The van der Waals surface area contributed by atoms with Crippen LogP contribution >= 0.6 is 0 Å². The van der Waals surface area contributed by atoms with Gasteiger partial charge in [0.1, 0.15) is 0 Å². The van der Waals surface area contributed by atoms with E-state index in [1.54, 1.807) is 7.11 Å². The third kappa shape index (κ3) is 5.36. The van der Waals surface area contributed by atoms with Gasteiger partial charge in [0.25, 0.3) is 0 Å². The number of likely N-dealkylation sites (tertiary alicyclic amines) is 1. The van der Waals surface area contributed by atoms with Crippen molar-refractivity contribution in [3.05, 3.63) is 0 Å². The number of ether oxygens (including phenoxy) is 3. The molecule has 5 nitrogen and oxygen atoms in total. The van der Waals surface area contributed by atoms with Crippen LogP contribution in [-0.4, -0.2) is 77.3 Å². The van der Waals surface area contributed by atoms with Gasteiger partial charge in [-0.1, -0.05) is 0 Å². The van der Waals surface area contributed by atoms with E-state index in [0.717, 1.165) is 25.1 Å². The third-order valence-electron chi connectivity index (χ3n) is 4.03. The van der Waals surface area contributed by atoms with Gasteiger partial charge < -0.3 is 19.5 Å². The molecule has 1 N–H and O–H groups in total. The summed E-state index contributed by atoms with van der Waals surface area (Å²) in [7, 11) is 1.68. The van der Waals surface area contributed by atoms with Crippen LogP contribution in [0.1, 0.15) is 12.8 Å². The van der Waals surface area contributed by atoms with E-state index < -0.39 is 0 Å². The molecule has 0 bridgehead atoms. The summed E-state index contributed by atoms with van der Waals surface area (Å²) in [6.07, 6.45) is 2.73. The number of hydrogen-bond donors (Lipinski definition) is 1. The average Bonchev–Trinajstić information content (AvgIpc) is 2.84. The lowest BCUT2D eigenvalue weighted by Crippen LogP contribution is -2.40. The van der Waals surface area contributed by atoms with Crippen LogP contribution in [0.15, 0.2) is 0 Å². The Balaban J connectivity index is 1.43. The number of piperidine rings is 1. The molecule has 0 spiro atoms. The van der Waals surface area contributed by atoms with Crippen LogP contribution in [-0.2, 0) is 14.2 Å². The number of hydrogen-bond acceptors (Lipinski definition) is 5. The Hall–Kier alpha value is -0.200. The average molecular weight is 272 g/mol. The Morgan fingerprint density at radius 2 is 1.84 bits per heavy atom. The largest absolute Gasteiger partial charge is 0.382 e. The number of nitrogens with zero attached hydrogens (tertiary/aromatic N) is 1. The first-order valence-corrected chi connectivity index (χ1v) is 7.50. The van der Waals surface area contributed by atoms with Crippen LogP contribution in [0, 0.1) is 5.92 Å². The fourth-order valence-corrected chi connectivity index (χ4v) is 2.98. The molecule has 0 aromatic rings. The van der Waals surface area contributed by atoms with Gasteiger partial charge in [-0.15, -0.1) is 0 Å². The lowest BCUT2D eigenvalue weighted by molar-refractivity contribution is 0.0205. The standard InChI is InChI=1S/C14H28N2O3/c1-17-7-8-19-10-9-18-6-5-16-11-13-3-2-4-15-14(13)12-16/h13-15H,2-12H2,1H3/t13-,14+/m0/s1. The highest BCUT2D eigenvalue weighted by molar-refractivity contribution is 4.91. The molecule has 0 saturated carbocycles. The number of nitrogens with one attached hydrogen (secondary N) is 1. The molecule has 2 fully saturated rings. The molecule has 0 radical (unpaired) electrons. The monoisotopic (exact) mass is 272 g/mol. The smallest absolute Gasteiger partial charge is 0.0701 e. The normalized spacial score (nSPS) is 27.6. The molecule has 0 aromatic carbocycles. The molecular formula is C14H28N2O3. The van der Waals surface area contributed by atoms with Gasteiger partial charge in [-0.3, -0.25) is 4.90 Å². The minimum absolute atomic E-state index is 0.654. The Kier molecular flexibility index (Phi) is 7.09. The molecule has 2 aliphatic rings. The summed E-state index contributed by atoms with van der Waals surface area (Å²) in [6.45, 7) is 8.15. The lowest BCUT2D eigenvalue weighted by Gasteiger charge is -2.24. The van der Waals surface area contributed by atoms with Crippen LogP contribution < -0.4 is 5.32 Å². The minimum atomic E-state index is 0.654. The summed E-state index contributed by atoms with van der Waals surface area (Å²) < 4.78 is 15.9. The van der Waals surface area contributed by atoms with Crippen LogP contribution in [0.4, 0.5) is 0 Å². The van der Waals surface area contributed by atoms with Crippen LogP contribution in [0.3, 0.4) is 0 Å². The highest BCUT2D eigenvalue weighted by Gasteiger charge is 2.33.